The average molecular weight is 814 g/mol. The number of alkyl carbamates (subject to hydrolysis) is 2. The smallest absolute Gasteiger partial charge is 0.408 e. The molecule has 11 heteroatoms. The minimum Gasteiger partial charge on any atom is -0.480 e. The number of nitrogens with one attached hydrogen (secondary N) is 3. The summed E-state index contributed by atoms with van der Waals surface area (Å²) in [7, 11) is 0. The van der Waals surface area contributed by atoms with Gasteiger partial charge in [0.15, 0.2) is 0 Å². The molecule has 0 aliphatic heterocycles. The van der Waals surface area contributed by atoms with Crippen LogP contribution < -0.4 is 16.0 Å². The van der Waals surface area contributed by atoms with Gasteiger partial charge in [-0.1, -0.05) is 140 Å². The Bertz CT molecular complexity index is 2050. The topological polar surface area (TPSA) is 143 Å². The van der Waals surface area contributed by atoms with Crippen molar-refractivity contribution in [2.45, 2.75) is 68.4 Å². The van der Waals surface area contributed by atoms with E-state index in [4.69, 9.17) is 9.47 Å². The molecule has 0 radical (unpaired) electrons. The van der Waals surface area contributed by atoms with Crippen LogP contribution in [-0.4, -0.2) is 65.8 Å². The molecule has 0 spiro atoms. The van der Waals surface area contributed by atoms with Crippen molar-refractivity contribution in [3.8, 4) is 11.1 Å². The Labute approximate surface area is 350 Å². The Balaban J connectivity index is 1.08. The number of benzene rings is 5. The lowest BCUT2D eigenvalue weighted by atomic mass is 9.84. The number of unbranched alkanes of at least 4 members (excludes halogenated alkanes) is 1. The Kier molecular flexibility index (Phi) is 14.1. The lowest BCUT2D eigenvalue weighted by Crippen LogP contribution is -2.50. The predicted octanol–water partition coefficient (Wildman–Crippen LogP) is 8.88. The first kappa shape index (κ1) is 42.5. The first-order valence-electron chi connectivity index (χ1n) is 19.9. The van der Waals surface area contributed by atoms with Gasteiger partial charge >= 0.3 is 18.2 Å². The third-order valence-electron chi connectivity index (χ3n) is 10.2. The molecule has 0 saturated heterocycles. The summed E-state index contributed by atoms with van der Waals surface area (Å²) in [5.74, 6) is -1.55. The van der Waals surface area contributed by atoms with Crippen molar-refractivity contribution < 1.29 is 33.8 Å². The Morgan fingerprint density at radius 1 is 0.644 bits per heavy atom. The van der Waals surface area contributed by atoms with Gasteiger partial charge in [0, 0.05) is 18.2 Å². The van der Waals surface area contributed by atoms with Gasteiger partial charge in [-0.05, 0) is 79.0 Å². The van der Waals surface area contributed by atoms with E-state index >= 15 is 0 Å². The van der Waals surface area contributed by atoms with Crippen molar-refractivity contribution in [3.63, 3.8) is 0 Å². The van der Waals surface area contributed by atoms with E-state index < -0.39 is 46.5 Å². The van der Waals surface area contributed by atoms with E-state index in [0.29, 0.717) is 12.8 Å². The van der Waals surface area contributed by atoms with Crippen LogP contribution in [0, 0.1) is 0 Å². The Hall–Kier alpha value is -6.07. The first-order chi connectivity index (χ1) is 28.5. The highest BCUT2D eigenvalue weighted by Gasteiger charge is 2.39. The molecule has 4 N–H and O–H groups in total. The van der Waals surface area contributed by atoms with Crippen LogP contribution in [0.3, 0.4) is 0 Å². The fraction of sp³-hybridized carbons (Fsp3) is 0.292. The van der Waals surface area contributed by atoms with Crippen LogP contribution in [-0.2, 0) is 23.8 Å². The van der Waals surface area contributed by atoms with Gasteiger partial charge < -0.3 is 30.5 Å². The Morgan fingerprint density at radius 2 is 1.12 bits per heavy atom. The van der Waals surface area contributed by atoms with Crippen molar-refractivity contribution >= 4 is 35.8 Å². The maximum absolute atomic E-state index is 13.9. The summed E-state index contributed by atoms with van der Waals surface area (Å²) in [6.07, 6.45) is -0.585. The molecule has 0 unspecified atom stereocenters. The van der Waals surface area contributed by atoms with Crippen LogP contribution >= 0.6 is 11.8 Å². The van der Waals surface area contributed by atoms with E-state index in [0.717, 1.165) is 38.9 Å². The number of ether oxygens (including phenoxy) is 2. The molecule has 3 amide bonds. The van der Waals surface area contributed by atoms with Crippen LogP contribution in [0.5, 0.6) is 0 Å². The van der Waals surface area contributed by atoms with Crippen LogP contribution in [0.15, 0.2) is 140 Å². The molecular formula is C48H51N3O7S. The van der Waals surface area contributed by atoms with Crippen LogP contribution in [0.4, 0.5) is 9.59 Å². The number of aliphatic carboxylic acids is 1. The number of thioether (sulfide) groups is 1. The maximum Gasteiger partial charge on any atom is 0.408 e. The molecule has 306 valence electrons. The van der Waals surface area contributed by atoms with E-state index in [2.05, 4.69) is 52.3 Å². The molecule has 5 aromatic rings. The van der Waals surface area contributed by atoms with Crippen LogP contribution in [0.1, 0.15) is 73.8 Å². The van der Waals surface area contributed by atoms with Gasteiger partial charge in [-0.3, -0.25) is 4.79 Å². The fourth-order valence-electron chi connectivity index (χ4n) is 7.46. The van der Waals surface area contributed by atoms with Crippen molar-refractivity contribution in [1.29, 1.82) is 0 Å². The third-order valence-corrected chi connectivity index (χ3v) is 11.8. The largest absolute Gasteiger partial charge is 0.480 e. The van der Waals surface area contributed by atoms with Crippen molar-refractivity contribution in [3.05, 3.63) is 167 Å². The number of carboxylic acid groups (broad SMARTS) is 1. The van der Waals surface area contributed by atoms with E-state index in [1.54, 1.807) is 20.8 Å². The van der Waals surface area contributed by atoms with Gasteiger partial charge in [-0.15, -0.1) is 11.8 Å². The summed E-state index contributed by atoms with van der Waals surface area (Å²) in [5, 5.41) is 18.2. The van der Waals surface area contributed by atoms with Gasteiger partial charge in [0.2, 0.25) is 5.91 Å². The lowest BCUT2D eigenvalue weighted by Gasteiger charge is -2.36. The summed E-state index contributed by atoms with van der Waals surface area (Å²) in [4.78, 5) is 52.0. The lowest BCUT2D eigenvalue weighted by molar-refractivity contribution is -0.139. The number of carboxylic acids is 1. The van der Waals surface area contributed by atoms with Gasteiger partial charge in [0.05, 0.1) is 4.75 Å². The molecule has 2 atom stereocenters. The quantitative estimate of drug-likeness (QED) is 0.0539. The molecule has 0 aromatic heterocycles. The number of amides is 3. The van der Waals surface area contributed by atoms with Crippen molar-refractivity contribution in [2.75, 3.05) is 18.9 Å². The monoisotopic (exact) mass is 813 g/mol. The molecule has 59 heavy (non-hydrogen) atoms. The molecule has 1 aliphatic carbocycles. The van der Waals surface area contributed by atoms with Gasteiger partial charge in [-0.2, -0.15) is 0 Å². The number of carbonyl (C=O) groups excluding carboxylic acids is 3. The molecular weight excluding hydrogens is 763 g/mol. The summed E-state index contributed by atoms with van der Waals surface area (Å²) < 4.78 is 10.4. The second-order valence-electron chi connectivity index (χ2n) is 15.4. The maximum atomic E-state index is 13.9. The number of rotatable bonds is 17. The average Bonchev–Trinajstić information content (AvgIpc) is 3.56. The highest BCUT2D eigenvalue weighted by atomic mass is 32.2. The number of carbonyl (C=O) groups is 4. The minimum atomic E-state index is -1.18. The first-order valence-corrected chi connectivity index (χ1v) is 20.9. The molecule has 5 aromatic carbocycles. The van der Waals surface area contributed by atoms with Crippen LogP contribution in [0.25, 0.3) is 11.1 Å². The van der Waals surface area contributed by atoms with Gasteiger partial charge in [-0.25, -0.2) is 14.4 Å². The molecule has 6 rings (SSSR count). The van der Waals surface area contributed by atoms with E-state index in [-0.39, 0.29) is 31.2 Å². The highest BCUT2D eigenvalue weighted by Crippen LogP contribution is 2.49. The second kappa shape index (κ2) is 19.6. The molecule has 1 aliphatic rings. The zero-order chi connectivity index (χ0) is 41.8. The third kappa shape index (κ3) is 10.7. The predicted molar refractivity (Wildman–Crippen MR) is 231 cm³/mol. The summed E-state index contributed by atoms with van der Waals surface area (Å²) in [6, 6.07) is 44.0. The van der Waals surface area contributed by atoms with Crippen LogP contribution in [0.2, 0.25) is 0 Å². The normalized spacial score (nSPS) is 13.3. The van der Waals surface area contributed by atoms with Gasteiger partial charge in [0.1, 0.15) is 24.3 Å². The second-order valence-corrected chi connectivity index (χ2v) is 16.7. The summed E-state index contributed by atoms with van der Waals surface area (Å²) in [5.41, 5.74) is 6.56. The standard InChI is InChI=1S/C48H51N3O7S/c1-47(2,3)58-46(56)51-42(32-59-48(33-19-7-4-8-20-33,34-21-9-5-10-22-34)35-23-11-6-12-24-35)43(52)49-30-18-17-29-41(44(53)54)50-45(55)57-31-40-38-27-15-13-25-36(38)37-26-14-16-28-39(37)40/h4-16,19-28,40-42H,17-18,29-32H2,1-3H3,(H,49,52)(H,50,55)(H,51,56)(H,53,54)/t41-,42-/m0/s1. The molecule has 0 bridgehead atoms. The number of hydrogen-bond donors (Lipinski definition) is 4. The number of fused-ring (bicyclic) bond motifs is 3. The molecule has 0 saturated carbocycles. The van der Waals surface area contributed by atoms with Gasteiger partial charge in [0.25, 0.3) is 0 Å². The summed E-state index contributed by atoms with van der Waals surface area (Å²) >= 11 is 1.54. The molecule has 10 nitrogen and oxygen atoms in total. The van der Waals surface area contributed by atoms with E-state index in [1.807, 2.05) is 103 Å². The Morgan fingerprint density at radius 3 is 1.61 bits per heavy atom. The zero-order valence-electron chi connectivity index (χ0n) is 33.6. The van der Waals surface area contributed by atoms with E-state index in [1.165, 1.54) is 11.8 Å². The highest BCUT2D eigenvalue weighted by molar-refractivity contribution is 8.00. The van der Waals surface area contributed by atoms with Crippen molar-refractivity contribution in [2.24, 2.45) is 0 Å². The van der Waals surface area contributed by atoms with Crippen molar-refractivity contribution in [1.82, 2.24) is 16.0 Å². The molecule has 0 heterocycles. The SMILES string of the molecule is CC(C)(C)OC(=O)N[C@@H](CSC(c1ccccc1)(c1ccccc1)c1ccccc1)C(=O)NCCCC[C@H](NC(=O)OCC1c2ccccc2-c2ccccc21)C(=O)O. The minimum absolute atomic E-state index is 0.0676. The molecule has 0 fully saturated rings. The summed E-state index contributed by atoms with van der Waals surface area (Å²) in [6.45, 7) is 5.56. The zero-order valence-corrected chi connectivity index (χ0v) is 34.4. The fourth-order valence-corrected chi connectivity index (χ4v) is 9.02. The van der Waals surface area contributed by atoms with E-state index in [9.17, 15) is 24.3 Å². The number of hydrogen-bond acceptors (Lipinski definition) is 7.